The first-order valence-electron chi connectivity index (χ1n) is 9.18. The molecule has 3 aliphatic rings. The fraction of sp³-hybridized carbons (Fsp3) is 0.286. The van der Waals surface area contributed by atoms with Crippen LogP contribution in [0.5, 0.6) is 0 Å². The zero-order valence-corrected chi connectivity index (χ0v) is 14.6. The first kappa shape index (κ1) is 16.2. The first-order chi connectivity index (χ1) is 13.1. The van der Waals surface area contributed by atoms with Crippen LogP contribution in [0.25, 0.3) is 0 Å². The third-order valence-electron chi connectivity index (χ3n) is 6.01. The molecule has 2 saturated heterocycles. The fourth-order valence-electron chi connectivity index (χ4n) is 4.73. The Morgan fingerprint density at radius 2 is 1.70 bits per heavy atom. The van der Waals surface area contributed by atoms with Gasteiger partial charge in [0.25, 0.3) is 0 Å². The summed E-state index contributed by atoms with van der Waals surface area (Å²) in [6.45, 7) is 0.673. The van der Waals surface area contributed by atoms with Crippen molar-refractivity contribution in [2.75, 3.05) is 18.4 Å². The molecule has 136 valence electrons. The number of anilines is 1. The van der Waals surface area contributed by atoms with Gasteiger partial charge in [0.1, 0.15) is 5.54 Å². The number of nitrogens with one attached hydrogen (secondary N) is 2. The lowest BCUT2D eigenvalue weighted by Crippen LogP contribution is -2.51. The van der Waals surface area contributed by atoms with Crippen molar-refractivity contribution in [3.8, 4) is 0 Å². The number of rotatable bonds is 3. The first-order valence-corrected chi connectivity index (χ1v) is 9.18. The second-order valence-electron chi connectivity index (χ2n) is 7.34. The summed E-state index contributed by atoms with van der Waals surface area (Å²) < 4.78 is 0. The number of para-hydroxylation sites is 1. The normalized spacial score (nSPS) is 28.6. The molecule has 2 aromatic rings. The molecule has 3 aliphatic heterocycles. The highest BCUT2D eigenvalue weighted by atomic mass is 16.2. The minimum absolute atomic E-state index is 0.178. The number of hydrogen-bond acceptors (Lipinski definition) is 4. The van der Waals surface area contributed by atoms with Gasteiger partial charge in [-0.25, -0.2) is 0 Å². The lowest BCUT2D eigenvalue weighted by atomic mass is 9.77. The molecule has 27 heavy (non-hydrogen) atoms. The number of fused-ring (bicyclic) bond motifs is 4. The molecule has 0 saturated carbocycles. The smallest absolute Gasteiger partial charge is 0.250 e. The summed E-state index contributed by atoms with van der Waals surface area (Å²) >= 11 is 0. The molecule has 2 aromatic carbocycles. The lowest BCUT2D eigenvalue weighted by molar-refractivity contribution is -0.142. The summed E-state index contributed by atoms with van der Waals surface area (Å²) in [4.78, 5) is 40.4. The van der Waals surface area contributed by atoms with E-state index >= 15 is 0 Å². The maximum Gasteiger partial charge on any atom is 0.250 e. The average molecular weight is 361 g/mol. The number of nitrogens with zero attached hydrogens (tertiary/aromatic N) is 1. The average Bonchev–Trinajstić information content (AvgIpc) is 3.29. The molecule has 1 spiro atoms. The number of likely N-dealkylation sites (tertiary alicyclic amines) is 1. The van der Waals surface area contributed by atoms with Gasteiger partial charge >= 0.3 is 0 Å². The van der Waals surface area contributed by atoms with E-state index in [2.05, 4.69) is 10.6 Å². The number of carbonyl (C=O) groups is 3. The monoisotopic (exact) mass is 361 g/mol. The molecule has 3 unspecified atom stereocenters. The Balaban J connectivity index is 1.47. The molecule has 0 radical (unpaired) electrons. The summed E-state index contributed by atoms with van der Waals surface area (Å²) in [5.74, 6) is -1.86. The van der Waals surface area contributed by atoms with Crippen LogP contribution in [0.15, 0.2) is 54.6 Å². The molecule has 2 fully saturated rings. The van der Waals surface area contributed by atoms with E-state index in [1.807, 2.05) is 54.6 Å². The van der Waals surface area contributed by atoms with Crippen molar-refractivity contribution in [2.45, 2.75) is 12.0 Å². The number of imide groups is 1. The van der Waals surface area contributed by atoms with Crippen LogP contribution in [0.1, 0.15) is 11.1 Å². The lowest BCUT2D eigenvalue weighted by Gasteiger charge is -2.28. The van der Waals surface area contributed by atoms with Crippen LogP contribution >= 0.6 is 0 Å². The van der Waals surface area contributed by atoms with E-state index in [4.69, 9.17) is 0 Å². The van der Waals surface area contributed by atoms with Crippen LogP contribution in [-0.2, 0) is 26.3 Å². The Bertz CT molecular complexity index is 958. The predicted octanol–water partition coefficient (Wildman–Crippen LogP) is 1.28. The minimum atomic E-state index is -1.14. The van der Waals surface area contributed by atoms with Gasteiger partial charge in [-0.05, 0) is 18.1 Å². The van der Waals surface area contributed by atoms with Gasteiger partial charge < -0.3 is 5.32 Å². The molecule has 3 amide bonds. The maximum atomic E-state index is 13.2. The van der Waals surface area contributed by atoms with E-state index in [0.29, 0.717) is 25.2 Å². The van der Waals surface area contributed by atoms with Crippen molar-refractivity contribution in [2.24, 2.45) is 11.8 Å². The maximum absolute atomic E-state index is 13.2. The molecule has 0 bridgehead atoms. The highest BCUT2D eigenvalue weighted by molar-refractivity contribution is 6.14. The van der Waals surface area contributed by atoms with Gasteiger partial charge in [-0.1, -0.05) is 48.5 Å². The van der Waals surface area contributed by atoms with E-state index in [0.717, 1.165) is 11.1 Å². The quantitative estimate of drug-likeness (QED) is 0.808. The van der Waals surface area contributed by atoms with Crippen LogP contribution in [0.4, 0.5) is 5.69 Å². The van der Waals surface area contributed by atoms with E-state index in [1.54, 1.807) is 0 Å². The van der Waals surface area contributed by atoms with Crippen molar-refractivity contribution in [3.63, 3.8) is 0 Å². The van der Waals surface area contributed by atoms with Crippen molar-refractivity contribution in [1.82, 2.24) is 10.2 Å². The molecule has 2 N–H and O–H groups in total. The Morgan fingerprint density at radius 3 is 2.52 bits per heavy atom. The van der Waals surface area contributed by atoms with Crippen molar-refractivity contribution >= 4 is 23.4 Å². The Hall–Kier alpha value is -2.99. The molecule has 6 nitrogen and oxygen atoms in total. The summed E-state index contributed by atoms with van der Waals surface area (Å²) in [5, 5.41) is 6.08. The van der Waals surface area contributed by atoms with Crippen LogP contribution in [0.2, 0.25) is 0 Å². The molecular formula is C21H19N3O3. The third-order valence-corrected chi connectivity index (χ3v) is 6.01. The SMILES string of the molecule is O=C1C2CNC3(C(=O)Nc4ccccc43)C2C(=O)N1CCc1ccccc1. The van der Waals surface area contributed by atoms with Gasteiger partial charge in [-0.15, -0.1) is 0 Å². The predicted molar refractivity (Wildman–Crippen MR) is 98.6 cm³/mol. The van der Waals surface area contributed by atoms with Crippen LogP contribution < -0.4 is 10.6 Å². The molecule has 5 rings (SSSR count). The Labute approximate surface area is 156 Å². The minimum Gasteiger partial charge on any atom is -0.324 e. The highest BCUT2D eigenvalue weighted by Crippen LogP contribution is 2.50. The van der Waals surface area contributed by atoms with Crippen LogP contribution in [0, 0.1) is 11.8 Å². The zero-order valence-electron chi connectivity index (χ0n) is 14.6. The van der Waals surface area contributed by atoms with Gasteiger partial charge in [0.2, 0.25) is 17.7 Å². The Morgan fingerprint density at radius 1 is 0.963 bits per heavy atom. The summed E-state index contributed by atoms with van der Waals surface area (Å²) in [5.41, 5.74) is 1.40. The topological polar surface area (TPSA) is 78.5 Å². The number of benzene rings is 2. The van der Waals surface area contributed by atoms with Crippen LogP contribution in [-0.4, -0.2) is 35.7 Å². The van der Waals surface area contributed by atoms with E-state index in [9.17, 15) is 14.4 Å². The van der Waals surface area contributed by atoms with E-state index in [1.165, 1.54) is 4.90 Å². The molecule has 6 heteroatoms. The fourth-order valence-corrected chi connectivity index (χ4v) is 4.73. The standard InChI is InChI=1S/C21H19N3O3/c25-18-14-12-22-21(15-8-4-5-9-16(15)23-20(21)27)17(14)19(26)24(18)11-10-13-6-2-1-3-7-13/h1-9,14,17,22H,10-12H2,(H,23,27). The number of hydrogen-bond donors (Lipinski definition) is 2. The van der Waals surface area contributed by atoms with Crippen LogP contribution in [0.3, 0.4) is 0 Å². The molecule has 3 atom stereocenters. The number of amides is 3. The second-order valence-corrected chi connectivity index (χ2v) is 7.34. The van der Waals surface area contributed by atoms with Crippen molar-refractivity contribution < 1.29 is 14.4 Å². The van der Waals surface area contributed by atoms with Gasteiger partial charge in [-0.2, -0.15) is 0 Å². The summed E-state index contributed by atoms with van der Waals surface area (Å²) in [6, 6.07) is 17.2. The summed E-state index contributed by atoms with van der Waals surface area (Å²) in [7, 11) is 0. The van der Waals surface area contributed by atoms with Crippen molar-refractivity contribution in [3.05, 3.63) is 65.7 Å². The largest absolute Gasteiger partial charge is 0.324 e. The van der Waals surface area contributed by atoms with Gasteiger partial charge in [0.15, 0.2) is 0 Å². The second kappa shape index (κ2) is 5.76. The van der Waals surface area contributed by atoms with E-state index in [-0.39, 0.29) is 17.7 Å². The highest BCUT2D eigenvalue weighted by Gasteiger charge is 2.67. The van der Waals surface area contributed by atoms with Gasteiger partial charge in [0.05, 0.1) is 11.8 Å². The number of carbonyl (C=O) groups excluding carboxylic acids is 3. The Kier molecular flexibility index (Phi) is 3.45. The van der Waals surface area contributed by atoms with Gasteiger partial charge in [0, 0.05) is 24.3 Å². The van der Waals surface area contributed by atoms with Crippen molar-refractivity contribution in [1.29, 1.82) is 0 Å². The zero-order chi connectivity index (χ0) is 18.6. The third kappa shape index (κ3) is 2.13. The molecule has 3 heterocycles. The summed E-state index contributed by atoms with van der Waals surface area (Å²) in [6.07, 6.45) is 0.612. The molecule has 0 aromatic heterocycles. The van der Waals surface area contributed by atoms with E-state index < -0.39 is 17.4 Å². The molecular weight excluding hydrogens is 342 g/mol. The molecule has 0 aliphatic carbocycles. The van der Waals surface area contributed by atoms with Gasteiger partial charge in [-0.3, -0.25) is 24.6 Å².